The lowest BCUT2D eigenvalue weighted by Crippen LogP contribution is -2.17. The topological polar surface area (TPSA) is 41.9 Å². The van der Waals surface area contributed by atoms with Gasteiger partial charge >= 0.3 is 6.36 Å². The molecule has 0 aliphatic heterocycles. The number of alkyl halides is 3. The van der Waals surface area contributed by atoms with Gasteiger partial charge in [0.1, 0.15) is 5.75 Å². The quantitative estimate of drug-likeness (QED) is 0.368. The molecule has 0 N–H and O–H groups in total. The summed E-state index contributed by atoms with van der Waals surface area (Å²) in [6, 6.07) is 8.99. The van der Waals surface area contributed by atoms with Crippen molar-refractivity contribution in [3.8, 4) is 5.75 Å². The van der Waals surface area contributed by atoms with Gasteiger partial charge in [0.05, 0.1) is 12.0 Å². The zero-order valence-electron chi connectivity index (χ0n) is 16.3. The maximum absolute atomic E-state index is 12.7. The summed E-state index contributed by atoms with van der Waals surface area (Å²) in [5.41, 5.74) is 3.67. The predicted octanol–water partition coefficient (Wildman–Crippen LogP) is 5.24. The van der Waals surface area contributed by atoms with Gasteiger partial charge in [-0.15, -0.1) is 13.2 Å². The lowest BCUT2D eigenvalue weighted by molar-refractivity contribution is -0.274. The summed E-state index contributed by atoms with van der Waals surface area (Å²) in [5.74, 6) is -0.415. The monoisotopic (exact) mass is 392 g/mol. The Balaban J connectivity index is 2.14. The van der Waals surface area contributed by atoms with E-state index in [2.05, 4.69) is 9.73 Å². The van der Waals surface area contributed by atoms with E-state index in [4.69, 9.17) is 0 Å². The van der Waals surface area contributed by atoms with Crippen molar-refractivity contribution in [1.82, 2.24) is 4.90 Å². The number of aryl methyl sites for hydroxylation is 2. The second-order valence-corrected chi connectivity index (χ2v) is 6.56. The number of nitrogens with zero attached hydrogens (tertiary/aromatic N) is 2. The molecule has 2 aromatic carbocycles. The van der Waals surface area contributed by atoms with Crippen LogP contribution in [0, 0.1) is 13.8 Å². The minimum absolute atomic E-state index is 0.0910. The number of carbonyl (C=O) groups is 1. The second-order valence-electron chi connectivity index (χ2n) is 6.56. The Kier molecular flexibility index (Phi) is 6.83. The van der Waals surface area contributed by atoms with Gasteiger partial charge in [-0.25, -0.2) is 4.99 Å². The van der Waals surface area contributed by atoms with Gasteiger partial charge in [-0.05, 0) is 61.7 Å². The van der Waals surface area contributed by atoms with E-state index in [1.165, 1.54) is 24.3 Å². The summed E-state index contributed by atoms with van der Waals surface area (Å²) in [4.78, 5) is 19.1. The van der Waals surface area contributed by atoms with Crippen LogP contribution >= 0.6 is 0 Å². The van der Waals surface area contributed by atoms with Crippen molar-refractivity contribution in [2.75, 3.05) is 13.6 Å². The minimum Gasteiger partial charge on any atom is -0.406 e. The Labute approximate surface area is 162 Å². The van der Waals surface area contributed by atoms with E-state index in [0.717, 1.165) is 23.4 Å². The van der Waals surface area contributed by atoms with Crippen LogP contribution in [0.1, 0.15) is 34.0 Å². The Bertz CT molecular complexity index is 859. The van der Waals surface area contributed by atoms with Gasteiger partial charge < -0.3 is 9.64 Å². The van der Waals surface area contributed by atoms with Crippen molar-refractivity contribution < 1.29 is 22.7 Å². The summed E-state index contributed by atoms with van der Waals surface area (Å²) in [7, 11) is 1.93. The first-order valence-corrected chi connectivity index (χ1v) is 8.82. The van der Waals surface area contributed by atoms with Crippen molar-refractivity contribution in [2.24, 2.45) is 4.99 Å². The van der Waals surface area contributed by atoms with Crippen LogP contribution in [0.4, 0.5) is 18.9 Å². The summed E-state index contributed by atoms with van der Waals surface area (Å²) in [5, 5.41) is 0. The molecule has 0 amide bonds. The van der Waals surface area contributed by atoms with Gasteiger partial charge in [0.15, 0.2) is 5.78 Å². The lowest BCUT2D eigenvalue weighted by Gasteiger charge is -2.12. The average molecular weight is 392 g/mol. The van der Waals surface area contributed by atoms with Gasteiger partial charge in [0.2, 0.25) is 0 Å². The summed E-state index contributed by atoms with van der Waals surface area (Å²) in [6.45, 7) is 6.59. The zero-order valence-corrected chi connectivity index (χ0v) is 16.3. The number of hydrogen-bond acceptors (Lipinski definition) is 3. The van der Waals surface area contributed by atoms with E-state index < -0.39 is 6.36 Å². The maximum atomic E-state index is 12.7. The van der Waals surface area contributed by atoms with Crippen molar-refractivity contribution >= 4 is 17.8 Å². The molecule has 0 bridgehead atoms. The van der Waals surface area contributed by atoms with Crippen molar-refractivity contribution in [1.29, 1.82) is 0 Å². The molecule has 4 nitrogen and oxygen atoms in total. The van der Waals surface area contributed by atoms with E-state index in [9.17, 15) is 18.0 Å². The number of ketones is 1. The van der Waals surface area contributed by atoms with E-state index in [1.807, 2.05) is 38.8 Å². The Morgan fingerprint density at radius 2 is 1.79 bits per heavy atom. The fourth-order valence-electron chi connectivity index (χ4n) is 2.57. The molecule has 0 spiro atoms. The molecule has 0 saturated carbocycles. The first kappa shape index (κ1) is 21.5. The smallest absolute Gasteiger partial charge is 0.406 e. The molecule has 0 aliphatic rings. The highest BCUT2D eigenvalue weighted by atomic mass is 19.4. The molecule has 7 heteroatoms. The van der Waals surface area contributed by atoms with E-state index in [0.29, 0.717) is 11.1 Å². The van der Waals surface area contributed by atoms with E-state index in [1.54, 1.807) is 12.4 Å². The summed E-state index contributed by atoms with van der Waals surface area (Å²) >= 11 is 0. The Morgan fingerprint density at radius 1 is 1.14 bits per heavy atom. The maximum Gasteiger partial charge on any atom is 0.573 e. The fourth-order valence-corrected chi connectivity index (χ4v) is 2.57. The average Bonchev–Trinajstić information content (AvgIpc) is 2.62. The van der Waals surface area contributed by atoms with Crippen LogP contribution in [0.2, 0.25) is 0 Å². The normalized spacial score (nSPS) is 11.7. The first-order valence-electron chi connectivity index (χ1n) is 8.82. The second kappa shape index (κ2) is 8.91. The molecule has 2 rings (SSSR count). The van der Waals surface area contributed by atoms with Gasteiger partial charge in [0, 0.05) is 25.6 Å². The highest BCUT2D eigenvalue weighted by Crippen LogP contribution is 2.26. The summed E-state index contributed by atoms with van der Waals surface area (Å²) < 4.78 is 40.5. The zero-order chi connectivity index (χ0) is 20.9. The van der Waals surface area contributed by atoms with Crippen LogP contribution in [0.25, 0.3) is 0 Å². The van der Waals surface area contributed by atoms with Crippen LogP contribution < -0.4 is 4.74 Å². The molecule has 2 aromatic rings. The Morgan fingerprint density at radius 3 is 2.36 bits per heavy atom. The third kappa shape index (κ3) is 6.11. The third-order valence-electron chi connectivity index (χ3n) is 4.26. The number of ether oxygens (including phenoxy) is 1. The van der Waals surface area contributed by atoms with Crippen molar-refractivity contribution in [3.05, 3.63) is 58.7 Å². The molecule has 0 unspecified atom stereocenters. The number of Topliss-reactive ketones (excluding diaryl/α,β-unsaturated/α-hetero) is 1. The standard InChI is InChI=1S/C21H23F3N2O2/c1-5-26(4)13-25-19-11-14(2)18(10-15(19)3)20(27)12-16-6-8-17(9-7-16)28-21(22,23)24/h6-11,13H,5,12H2,1-4H3. The predicted molar refractivity (Wildman–Crippen MR) is 104 cm³/mol. The van der Waals surface area contributed by atoms with E-state index >= 15 is 0 Å². The molecule has 0 aromatic heterocycles. The molecule has 28 heavy (non-hydrogen) atoms. The molecular formula is C21H23F3N2O2. The lowest BCUT2D eigenvalue weighted by atomic mass is 9.96. The molecular weight excluding hydrogens is 369 g/mol. The van der Waals surface area contributed by atoms with Gasteiger partial charge in [-0.3, -0.25) is 4.79 Å². The molecule has 0 aliphatic carbocycles. The minimum atomic E-state index is -4.73. The molecule has 0 fully saturated rings. The molecule has 0 atom stereocenters. The van der Waals surface area contributed by atoms with Gasteiger partial charge in [-0.1, -0.05) is 12.1 Å². The van der Waals surface area contributed by atoms with E-state index in [-0.39, 0.29) is 18.0 Å². The first-order chi connectivity index (χ1) is 13.1. The van der Waals surface area contributed by atoms with Crippen molar-refractivity contribution in [3.63, 3.8) is 0 Å². The van der Waals surface area contributed by atoms with Crippen LogP contribution in [-0.4, -0.2) is 37.0 Å². The number of benzene rings is 2. The highest BCUT2D eigenvalue weighted by Gasteiger charge is 2.31. The molecule has 0 saturated heterocycles. The molecule has 0 radical (unpaired) electrons. The van der Waals surface area contributed by atoms with Crippen LogP contribution in [0.5, 0.6) is 5.75 Å². The number of carbonyl (C=O) groups excluding carboxylic acids is 1. The number of aliphatic imine (C=N–C) groups is 1. The number of rotatable bonds is 7. The summed E-state index contributed by atoms with van der Waals surface area (Å²) in [6.07, 6.45) is -2.90. The third-order valence-corrected chi connectivity index (χ3v) is 4.26. The van der Waals surface area contributed by atoms with Crippen LogP contribution in [0.15, 0.2) is 41.4 Å². The number of hydrogen-bond donors (Lipinski definition) is 0. The fraction of sp³-hybridized carbons (Fsp3) is 0.333. The number of halogens is 3. The van der Waals surface area contributed by atoms with Crippen molar-refractivity contribution in [2.45, 2.75) is 33.6 Å². The molecule has 0 heterocycles. The SMILES string of the molecule is CCN(C)C=Nc1cc(C)c(C(=O)Cc2ccc(OC(F)(F)F)cc2)cc1C. The van der Waals surface area contributed by atoms with Gasteiger partial charge in [0.25, 0.3) is 0 Å². The van der Waals surface area contributed by atoms with Gasteiger partial charge in [-0.2, -0.15) is 0 Å². The molecule has 150 valence electrons. The Hall–Kier alpha value is -2.83. The highest BCUT2D eigenvalue weighted by molar-refractivity contribution is 5.99. The van der Waals surface area contributed by atoms with Crippen LogP contribution in [0.3, 0.4) is 0 Å². The largest absolute Gasteiger partial charge is 0.573 e. The van der Waals surface area contributed by atoms with Crippen LogP contribution in [-0.2, 0) is 6.42 Å².